The number of rotatable bonds is 5. The average molecular weight is 486 g/mol. The molecular weight excluding hydrogens is 465 g/mol. The Balaban J connectivity index is 0.00000272. The Morgan fingerprint density at radius 2 is 2.00 bits per heavy atom. The number of nitrogens with zero attached hydrogens (tertiary/aromatic N) is 2. The fourth-order valence-electron chi connectivity index (χ4n) is 4.05. The van der Waals surface area contributed by atoms with Crippen molar-refractivity contribution in [2.45, 2.75) is 30.3 Å². The minimum atomic E-state index is -4.30. The van der Waals surface area contributed by atoms with Crippen molar-refractivity contribution in [3.63, 3.8) is 0 Å². The van der Waals surface area contributed by atoms with E-state index in [0.29, 0.717) is 42.6 Å². The second kappa shape index (κ2) is 8.18. The molecule has 0 radical (unpaired) electrons. The van der Waals surface area contributed by atoms with Crippen LogP contribution in [0.15, 0.2) is 15.7 Å². The smallest absolute Gasteiger partial charge is 0.368 e. The van der Waals surface area contributed by atoms with Crippen LogP contribution in [0.1, 0.15) is 24.8 Å². The highest BCUT2D eigenvalue weighted by molar-refractivity contribution is 6.27. The van der Waals surface area contributed by atoms with Crippen molar-refractivity contribution in [3.8, 4) is 0 Å². The Morgan fingerprint density at radius 3 is 2.61 bits per heavy atom. The van der Waals surface area contributed by atoms with Crippen molar-refractivity contribution >= 4 is 40.6 Å². The van der Waals surface area contributed by atoms with E-state index in [9.17, 15) is 22.8 Å². The van der Waals surface area contributed by atoms with Crippen LogP contribution in [-0.2, 0) is 4.87 Å². The molecule has 172 valence electrons. The number of fused-ring (bicyclic) bond motifs is 1. The molecule has 0 bridgehead atoms. The molecule has 1 aliphatic carbocycles. The van der Waals surface area contributed by atoms with Crippen LogP contribution in [-0.4, -0.2) is 42.0 Å². The van der Waals surface area contributed by atoms with Gasteiger partial charge >= 0.3 is 11.9 Å². The standard InChI is InChI=1S/C18H20ClF4N5O2.ClH/c19-17(2-3-17)12-13-10(15(29)28(24)16(30)26-13)5-11(20)14(12)27-4-1-9(7-27)6-25-8-18(21,22)23;/h5,9,25H,1-4,6-8,24H2,(H,26,30);1H. The first-order valence-electron chi connectivity index (χ1n) is 9.48. The maximum absolute atomic E-state index is 15.2. The second-order valence-corrected chi connectivity index (χ2v) is 8.65. The van der Waals surface area contributed by atoms with Gasteiger partial charge in [0.05, 0.1) is 28.0 Å². The molecule has 0 amide bonds. The number of nitrogen functional groups attached to an aromatic ring is 1. The maximum Gasteiger partial charge on any atom is 0.401 e. The van der Waals surface area contributed by atoms with E-state index in [2.05, 4.69) is 10.3 Å². The number of hydrogen-bond donors (Lipinski definition) is 3. The van der Waals surface area contributed by atoms with E-state index in [1.54, 1.807) is 4.90 Å². The number of aromatic nitrogens is 2. The monoisotopic (exact) mass is 485 g/mol. The van der Waals surface area contributed by atoms with Crippen LogP contribution in [0, 0.1) is 11.7 Å². The van der Waals surface area contributed by atoms with Gasteiger partial charge in [-0.3, -0.25) is 4.79 Å². The molecule has 1 aliphatic heterocycles. The molecular formula is C18H21Cl2F4N5O2. The van der Waals surface area contributed by atoms with E-state index in [1.165, 1.54) is 0 Å². The SMILES string of the molecule is Cl.Nn1c(=O)[nH]c2c(C3(Cl)CC3)c(N3CCC(CNCC(F)(F)F)C3)c(F)cc2c1=O. The van der Waals surface area contributed by atoms with Gasteiger partial charge in [0, 0.05) is 25.2 Å². The molecule has 1 aromatic carbocycles. The Hall–Kier alpha value is -1.98. The van der Waals surface area contributed by atoms with Gasteiger partial charge in [-0.15, -0.1) is 24.0 Å². The van der Waals surface area contributed by atoms with E-state index in [-0.39, 0.29) is 41.5 Å². The van der Waals surface area contributed by atoms with Gasteiger partial charge in [-0.2, -0.15) is 17.8 Å². The third kappa shape index (κ3) is 4.49. The van der Waals surface area contributed by atoms with E-state index < -0.39 is 34.7 Å². The van der Waals surface area contributed by atoms with Crippen LogP contribution in [0.2, 0.25) is 0 Å². The van der Waals surface area contributed by atoms with Crippen molar-refractivity contribution in [1.29, 1.82) is 0 Å². The van der Waals surface area contributed by atoms with Crippen molar-refractivity contribution in [1.82, 2.24) is 15.0 Å². The summed E-state index contributed by atoms with van der Waals surface area (Å²) in [4.78, 5) is 27.8. The summed E-state index contributed by atoms with van der Waals surface area (Å²) in [5.41, 5.74) is -1.02. The summed E-state index contributed by atoms with van der Waals surface area (Å²) in [7, 11) is 0. The molecule has 4 rings (SSSR count). The van der Waals surface area contributed by atoms with Crippen molar-refractivity contribution in [2.75, 3.05) is 36.9 Å². The number of benzene rings is 1. The number of anilines is 1. The second-order valence-electron chi connectivity index (χ2n) is 7.92. The van der Waals surface area contributed by atoms with Crippen LogP contribution in [0.3, 0.4) is 0 Å². The Bertz CT molecular complexity index is 1110. The highest BCUT2D eigenvalue weighted by Crippen LogP contribution is 2.57. The van der Waals surface area contributed by atoms with Gasteiger partial charge in [0.2, 0.25) is 0 Å². The number of alkyl halides is 4. The van der Waals surface area contributed by atoms with E-state index in [1.807, 2.05) is 0 Å². The van der Waals surface area contributed by atoms with Crippen molar-refractivity contribution in [2.24, 2.45) is 5.92 Å². The molecule has 31 heavy (non-hydrogen) atoms. The zero-order valence-corrected chi connectivity index (χ0v) is 17.8. The third-order valence-corrected chi connectivity index (χ3v) is 6.22. The zero-order valence-electron chi connectivity index (χ0n) is 16.2. The summed E-state index contributed by atoms with van der Waals surface area (Å²) < 4.78 is 52.6. The van der Waals surface area contributed by atoms with Gasteiger partial charge in [0.1, 0.15) is 5.82 Å². The first kappa shape index (κ1) is 23.7. The Labute approximate surface area is 184 Å². The summed E-state index contributed by atoms with van der Waals surface area (Å²) >= 11 is 6.63. The van der Waals surface area contributed by atoms with Crippen LogP contribution in [0.5, 0.6) is 0 Å². The Kier molecular flexibility index (Phi) is 6.25. The molecule has 2 heterocycles. The number of H-pyrrole nitrogens is 1. The zero-order chi connectivity index (χ0) is 21.8. The first-order chi connectivity index (χ1) is 14.0. The van der Waals surface area contributed by atoms with Gasteiger partial charge in [-0.05, 0) is 31.2 Å². The molecule has 1 saturated carbocycles. The lowest BCUT2D eigenvalue weighted by atomic mass is 10.0. The van der Waals surface area contributed by atoms with Crippen LogP contribution in [0.25, 0.3) is 10.9 Å². The van der Waals surface area contributed by atoms with Crippen molar-refractivity contribution < 1.29 is 17.6 Å². The summed E-state index contributed by atoms with van der Waals surface area (Å²) in [5, 5.41) is 2.30. The van der Waals surface area contributed by atoms with Crippen LogP contribution >= 0.6 is 24.0 Å². The van der Waals surface area contributed by atoms with Crippen LogP contribution in [0.4, 0.5) is 23.2 Å². The number of aromatic amines is 1. The van der Waals surface area contributed by atoms with Gasteiger partial charge in [0.25, 0.3) is 5.56 Å². The molecule has 1 aromatic heterocycles. The number of nitrogens with one attached hydrogen (secondary N) is 2. The average Bonchev–Trinajstić information content (AvgIpc) is 3.22. The summed E-state index contributed by atoms with van der Waals surface area (Å²) in [5.74, 6) is 4.64. The largest absolute Gasteiger partial charge is 0.401 e. The third-order valence-electron chi connectivity index (χ3n) is 5.65. The number of nitrogens with two attached hydrogens (primary N) is 1. The minimum Gasteiger partial charge on any atom is -0.368 e. The van der Waals surface area contributed by atoms with Crippen LogP contribution < -0.4 is 27.3 Å². The lowest BCUT2D eigenvalue weighted by molar-refractivity contribution is -0.125. The van der Waals surface area contributed by atoms with Gasteiger partial charge < -0.3 is 21.0 Å². The molecule has 1 atom stereocenters. The maximum atomic E-state index is 15.2. The fraction of sp³-hybridized carbons (Fsp3) is 0.556. The predicted octanol–water partition coefficient (Wildman–Crippen LogP) is 2.17. The molecule has 13 heteroatoms. The number of halogens is 6. The normalized spacial score (nSPS) is 20.2. The molecule has 2 fully saturated rings. The highest BCUT2D eigenvalue weighted by Gasteiger charge is 2.47. The van der Waals surface area contributed by atoms with Gasteiger partial charge in [-0.25, -0.2) is 9.18 Å². The molecule has 2 aromatic rings. The van der Waals surface area contributed by atoms with Gasteiger partial charge in [-0.1, -0.05) is 0 Å². The van der Waals surface area contributed by atoms with E-state index >= 15 is 4.39 Å². The number of hydrogen-bond acceptors (Lipinski definition) is 5. The van der Waals surface area contributed by atoms with E-state index in [0.717, 1.165) is 6.07 Å². The topological polar surface area (TPSA) is 96.2 Å². The molecule has 0 spiro atoms. The fourth-order valence-corrected chi connectivity index (χ4v) is 4.33. The van der Waals surface area contributed by atoms with Gasteiger partial charge in [0.15, 0.2) is 0 Å². The Morgan fingerprint density at radius 1 is 1.32 bits per heavy atom. The minimum absolute atomic E-state index is 0. The molecule has 4 N–H and O–H groups in total. The molecule has 2 aliphatic rings. The quantitative estimate of drug-likeness (QED) is 0.342. The van der Waals surface area contributed by atoms with Crippen molar-refractivity contribution in [3.05, 3.63) is 38.3 Å². The summed E-state index contributed by atoms with van der Waals surface area (Å²) in [6, 6.07) is 1.02. The van der Waals surface area contributed by atoms with E-state index in [4.69, 9.17) is 17.4 Å². The highest BCUT2D eigenvalue weighted by atomic mass is 35.5. The lowest BCUT2D eigenvalue weighted by Gasteiger charge is -2.26. The molecule has 1 saturated heterocycles. The lowest BCUT2D eigenvalue weighted by Crippen LogP contribution is -2.41. The summed E-state index contributed by atoms with van der Waals surface area (Å²) in [6.45, 7) is -0.206. The molecule has 7 nitrogen and oxygen atoms in total. The molecule has 1 unspecified atom stereocenters. The first-order valence-corrected chi connectivity index (χ1v) is 9.86. The predicted molar refractivity (Wildman–Crippen MR) is 112 cm³/mol. The summed E-state index contributed by atoms with van der Waals surface area (Å²) in [6.07, 6.45) is -2.65.